The summed E-state index contributed by atoms with van der Waals surface area (Å²) in [5.74, 6) is -0.863. The third kappa shape index (κ3) is 11.6. The number of hydrogen-bond donors (Lipinski definition) is 2. The lowest BCUT2D eigenvalue weighted by atomic mass is 9.99. The smallest absolute Gasteiger partial charge is 0.521 e. The molecule has 26 heavy (non-hydrogen) atoms. The van der Waals surface area contributed by atoms with Crippen molar-refractivity contribution in [1.29, 1.82) is 0 Å². The molecule has 2 atom stereocenters. The van der Waals surface area contributed by atoms with Gasteiger partial charge in [0.1, 0.15) is 0 Å². The summed E-state index contributed by atoms with van der Waals surface area (Å²) in [4.78, 5) is 32.2. The van der Waals surface area contributed by atoms with Gasteiger partial charge in [-0.05, 0) is 24.0 Å². The van der Waals surface area contributed by atoms with Crippen molar-refractivity contribution in [3.8, 4) is 0 Å². The summed E-state index contributed by atoms with van der Waals surface area (Å²) in [6.45, 7) is 5.20. The maximum absolute atomic E-state index is 12.0. The van der Waals surface area contributed by atoms with Gasteiger partial charge in [-0.1, -0.05) is 30.3 Å². The lowest BCUT2D eigenvalue weighted by Crippen LogP contribution is -2.30. The highest BCUT2D eigenvalue weighted by molar-refractivity contribution is 7.30. The van der Waals surface area contributed by atoms with Crippen LogP contribution < -0.4 is 10.2 Å². The van der Waals surface area contributed by atoms with Crippen LogP contribution in [0.25, 0.3) is 0 Å². The average Bonchev–Trinajstić information content (AvgIpc) is 2.63. The van der Waals surface area contributed by atoms with Gasteiger partial charge in [-0.3, -0.25) is 9.59 Å². The predicted octanol–water partition coefficient (Wildman–Crippen LogP) is 1.62. The van der Waals surface area contributed by atoms with Crippen LogP contribution in [0, 0.1) is 0 Å². The van der Waals surface area contributed by atoms with Crippen LogP contribution in [-0.4, -0.2) is 43.5 Å². The first-order chi connectivity index (χ1) is 12.5. The van der Waals surface area contributed by atoms with E-state index in [1.54, 1.807) is 13.8 Å². The summed E-state index contributed by atoms with van der Waals surface area (Å²) in [6.07, 6.45) is 0.290. The molecule has 2 N–H and O–H groups in total. The molecule has 9 nitrogen and oxygen atoms in total. The summed E-state index contributed by atoms with van der Waals surface area (Å²) in [5, 5.41) is 10.2. The van der Waals surface area contributed by atoms with E-state index in [1.807, 2.05) is 30.3 Å². The molecule has 0 spiro atoms. The zero-order valence-electron chi connectivity index (χ0n) is 14.8. The Hall–Kier alpha value is -1.90. The number of nitrogens with one attached hydrogen (secondary N) is 1. The van der Waals surface area contributed by atoms with Crippen LogP contribution in [0.15, 0.2) is 30.3 Å². The molecular weight excluding hydrogens is 365 g/mol. The van der Waals surface area contributed by atoms with E-state index in [0.717, 1.165) is 5.56 Å². The Kier molecular flexibility index (Phi) is 14.2. The molecule has 0 radical (unpaired) electrons. The largest absolute Gasteiger partial charge is 0.565 e. The molecule has 0 aliphatic carbocycles. The van der Waals surface area contributed by atoms with Crippen LogP contribution >= 0.6 is 8.25 Å². The number of ether oxygens (including phenoxy) is 2. The Balaban J connectivity index is 0. The summed E-state index contributed by atoms with van der Waals surface area (Å²) in [5.41, 5.74) is 0.902. The van der Waals surface area contributed by atoms with E-state index in [-0.39, 0.29) is 25.7 Å². The lowest BCUT2D eigenvalue weighted by Gasteiger charge is -2.16. The van der Waals surface area contributed by atoms with Crippen LogP contribution in [0.5, 0.6) is 0 Å². The molecule has 0 fully saturated rings. The number of carbonyl (C=O) groups is 2. The highest BCUT2D eigenvalue weighted by Gasteiger charge is 2.21. The molecule has 1 rings (SSSR count). The van der Waals surface area contributed by atoms with Gasteiger partial charge in [0.15, 0.2) is 0 Å². The molecule has 0 aliphatic heterocycles. The lowest BCUT2D eigenvalue weighted by molar-refractivity contribution is -0.244. The van der Waals surface area contributed by atoms with Crippen molar-refractivity contribution in [2.24, 2.45) is 0 Å². The molecule has 0 amide bonds. The predicted molar refractivity (Wildman–Crippen MR) is 93.4 cm³/mol. The van der Waals surface area contributed by atoms with Crippen molar-refractivity contribution < 1.29 is 39.9 Å². The fourth-order valence-electron chi connectivity index (χ4n) is 1.94. The van der Waals surface area contributed by atoms with E-state index in [2.05, 4.69) is 9.99 Å². The second kappa shape index (κ2) is 15.4. The fraction of sp³-hybridized carbons (Fsp3) is 0.500. The first-order valence-electron chi connectivity index (χ1n) is 8.00. The summed E-state index contributed by atoms with van der Waals surface area (Å²) in [6, 6.07) is 9.48. The van der Waals surface area contributed by atoms with Crippen molar-refractivity contribution in [3.63, 3.8) is 0 Å². The monoisotopic (exact) mass is 391 g/mol. The summed E-state index contributed by atoms with van der Waals surface area (Å²) >= 11 is 0. The maximum Gasteiger partial charge on any atom is 0.521 e. The average molecular weight is 391 g/mol. The minimum Gasteiger partial charge on any atom is -0.565 e. The minimum atomic E-state index is -3.04. The van der Waals surface area contributed by atoms with Gasteiger partial charge in [-0.2, -0.15) is 0 Å². The van der Waals surface area contributed by atoms with Gasteiger partial charge >= 0.3 is 20.2 Å². The van der Waals surface area contributed by atoms with Crippen LogP contribution in [0.2, 0.25) is 0 Å². The Bertz CT molecular complexity index is 546. The second-order valence-electron chi connectivity index (χ2n) is 4.78. The molecule has 0 saturated heterocycles. The molecular formula is C16H26NO8P. The quantitative estimate of drug-likeness (QED) is 0.200. The molecule has 0 saturated carbocycles. The van der Waals surface area contributed by atoms with Gasteiger partial charge in [0.25, 0.3) is 0 Å². The van der Waals surface area contributed by atoms with Gasteiger partial charge in [0, 0.05) is 19.2 Å². The highest BCUT2D eigenvalue weighted by Crippen LogP contribution is 2.16. The van der Waals surface area contributed by atoms with Gasteiger partial charge in [0.05, 0.1) is 25.6 Å². The minimum absolute atomic E-state index is 0. The van der Waals surface area contributed by atoms with E-state index in [0.29, 0.717) is 26.3 Å². The Morgan fingerprint density at radius 1 is 1.23 bits per heavy atom. The molecule has 148 valence electrons. The molecule has 0 aromatic heterocycles. The van der Waals surface area contributed by atoms with Crippen LogP contribution in [0.4, 0.5) is 0 Å². The Morgan fingerprint density at radius 2 is 1.81 bits per heavy atom. The first kappa shape index (κ1) is 24.1. The zero-order chi connectivity index (χ0) is 19.8. The van der Waals surface area contributed by atoms with Crippen molar-refractivity contribution in [1.82, 2.24) is 5.32 Å². The third-order valence-corrected chi connectivity index (χ3v) is 3.13. The van der Waals surface area contributed by atoms with Crippen LogP contribution in [-0.2, 0) is 28.3 Å². The van der Waals surface area contributed by atoms with E-state index in [4.69, 9.17) is 24.2 Å². The number of benzene rings is 1. The molecule has 2 unspecified atom stereocenters. The standard InChI is InChI=1S/C16H23NO4.HO4P.H2/c1-3-20-15(18)10-11-17-12-14(16(19)21-4-2)13-8-6-5-7-9-13;1-4-5(2)3;/h5-9,14,17H,3-4,10-12H2,1-2H3;1H;1H. The van der Waals surface area contributed by atoms with Crippen molar-refractivity contribution in [2.75, 3.05) is 26.3 Å². The van der Waals surface area contributed by atoms with E-state index in [9.17, 15) is 9.59 Å². The molecule has 0 bridgehead atoms. The summed E-state index contributed by atoms with van der Waals surface area (Å²) < 4.78 is 21.6. The molecule has 10 heteroatoms. The SMILES string of the molecule is CCOC(=O)CCNCC(C(=O)OCC)c1ccccc1.O=[P+]([O-])OO.[HH]. The highest BCUT2D eigenvalue weighted by atomic mass is 31.1. The van der Waals surface area contributed by atoms with Crippen molar-refractivity contribution in [3.05, 3.63) is 35.9 Å². The fourth-order valence-corrected chi connectivity index (χ4v) is 1.94. The second-order valence-corrected chi connectivity index (χ2v) is 5.39. The number of carbonyl (C=O) groups excluding carboxylic acids is 2. The van der Waals surface area contributed by atoms with E-state index >= 15 is 0 Å². The molecule has 1 aromatic carbocycles. The van der Waals surface area contributed by atoms with Crippen molar-refractivity contribution in [2.45, 2.75) is 26.2 Å². The number of rotatable bonds is 10. The maximum atomic E-state index is 12.0. The van der Waals surface area contributed by atoms with Gasteiger partial charge in [-0.15, -0.1) is 0 Å². The zero-order valence-corrected chi connectivity index (χ0v) is 15.6. The van der Waals surface area contributed by atoms with Gasteiger partial charge in [-0.25, -0.2) is 5.26 Å². The van der Waals surface area contributed by atoms with Gasteiger partial charge < -0.3 is 19.7 Å². The van der Waals surface area contributed by atoms with Gasteiger partial charge in [0.2, 0.25) is 0 Å². The third-order valence-electron chi connectivity index (χ3n) is 3.00. The van der Waals surface area contributed by atoms with E-state index < -0.39 is 8.25 Å². The number of hydrogen-bond acceptors (Lipinski definition) is 9. The first-order valence-corrected chi connectivity index (χ1v) is 9.09. The van der Waals surface area contributed by atoms with Crippen LogP contribution in [0.1, 0.15) is 33.2 Å². The van der Waals surface area contributed by atoms with Crippen LogP contribution in [0.3, 0.4) is 0 Å². The normalized spacial score (nSPS) is 11.6. The molecule has 0 heterocycles. The topological polar surface area (TPSA) is 134 Å². The Labute approximate surface area is 154 Å². The van der Waals surface area contributed by atoms with Crippen molar-refractivity contribution >= 4 is 20.2 Å². The summed E-state index contributed by atoms with van der Waals surface area (Å²) in [7, 11) is -3.04. The molecule has 1 aromatic rings. The Morgan fingerprint density at radius 3 is 2.31 bits per heavy atom. The molecule has 0 aliphatic rings. The number of esters is 2. The van der Waals surface area contributed by atoms with E-state index in [1.165, 1.54) is 0 Å².